The summed E-state index contributed by atoms with van der Waals surface area (Å²) < 4.78 is 5.10. The van der Waals surface area contributed by atoms with Crippen LogP contribution in [0.4, 0.5) is 0 Å². The summed E-state index contributed by atoms with van der Waals surface area (Å²) in [6.07, 6.45) is 4.12. The number of carboxylic acid groups (broad SMARTS) is 1. The van der Waals surface area contributed by atoms with Crippen molar-refractivity contribution in [3.8, 4) is 0 Å². The molecule has 0 radical (unpaired) electrons. The topological polar surface area (TPSA) is 167 Å². The number of carbonyl (C=O) groups excluding carboxylic acids is 4. The van der Waals surface area contributed by atoms with Crippen molar-refractivity contribution in [2.75, 3.05) is 12.4 Å². The second kappa shape index (κ2) is 11.0. The highest BCUT2D eigenvalue weighted by molar-refractivity contribution is 7.80. The molecule has 11 heteroatoms. The zero-order valence-corrected chi connectivity index (χ0v) is 23.4. The van der Waals surface area contributed by atoms with Crippen LogP contribution in [0.1, 0.15) is 71.6 Å². The van der Waals surface area contributed by atoms with Gasteiger partial charge in [0, 0.05) is 24.0 Å². The lowest BCUT2D eigenvalue weighted by Gasteiger charge is -2.60. The van der Waals surface area contributed by atoms with Gasteiger partial charge in [0.15, 0.2) is 12.4 Å². The van der Waals surface area contributed by atoms with Crippen molar-refractivity contribution >= 4 is 42.0 Å². The fraction of sp³-hybridized carbons (Fsp3) is 0.750. The van der Waals surface area contributed by atoms with Crippen molar-refractivity contribution < 1.29 is 44.0 Å². The molecule has 216 valence electrons. The van der Waals surface area contributed by atoms with Gasteiger partial charge in [-0.05, 0) is 67.8 Å². The molecule has 4 aliphatic rings. The Hall–Kier alpha value is -2.24. The average molecular weight is 566 g/mol. The number of ketones is 2. The number of carboxylic acids is 1. The molecule has 3 fully saturated rings. The molecule has 0 aromatic carbocycles. The highest BCUT2D eigenvalue weighted by Gasteiger charge is 2.68. The zero-order chi connectivity index (χ0) is 28.8. The summed E-state index contributed by atoms with van der Waals surface area (Å²) in [6.45, 7) is 3.34. The molecule has 3 saturated carbocycles. The third-order valence-corrected chi connectivity index (χ3v) is 10.6. The maximum atomic E-state index is 13.3. The van der Waals surface area contributed by atoms with Gasteiger partial charge in [0.25, 0.3) is 0 Å². The van der Waals surface area contributed by atoms with Crippen molar-refractivity contribution in [3.63, 3.8) is 0 Å². The summed E-state index contributed by atoms with van der Waals surface area (Å²) in [4.78, 5) is 60.5. The van der Waals surface area contributed by atoms with Crippen molar-refractivity contribution in [2.24, 2.45) is 28.6 Å². The molecular weight excluding hydrogens is 526 g/mol. The van der Waals surface area contributed by atoms with Crippen molar-refractivity contribution in [2.45, 2.75) is 89.4 Å². The second-order valence-electron chi connectivity index (χ2n) is 12.2. The Morgan fingerprint density at radius 3 is 2.54 bits per heavy atom. The van der Waals surface area contributed by atoms with E-state index in [1.807, 2.05) is 6.92 Å². The lowest BCUT2D eigenvalue weighted by Crippen LogP contribution is -2.62. The molecule has 8 atom stereocenters. The minimum atomic E-state index is -1.76. The Bertz CT molecular complexity index is 1090. The molecule has 4 N–H and O–H groups in total. The highest BCUT2D eigenvalue weighted by Crippen LogP contribution is 2.67. The number of aliphatic hydroxyl groups is 2. The van der Waals surface area contributed by atoms with Crippen LogP contribution < -0.4 is 5.32 Å². The molecule has 4 rings (SSSR count). The monoisotopic (exact) mass is 565 g/mol. The quantitative estimate of drug-likeness (QED) is 0.206. The maximum Gasteiger partial charge on any atom is 0.327 e. The van der Waals surface area contributed by atoms with E-state index >= 15 is 0 Å². The molecule has 0 unspecified atom stereocenters. The normalized spacial score (nSPS) is 38.0. The van der Waals surface area contributed by atoms with E-state index in [-0.39, 0.29) is 60.4 Å². The molecule has 0 saturated heterocycles. The number of aliphatic hydroxyl groups excluding tert-OH is 1. The summed E-state index contributed by atoms with van der Waals surface area (Å²) in [5.41, 5.74) is -1.82. The molecule has 39 heavy (non-hydrogen) atoms. The van der Waals surface area contributed by atoms with Crippen LogP contribution in [0.3, 0.4) is 0 Å². The summed E-state index contributed by atoms with van der Waals surface area (Å²) in [5, 5.41) is 34.4. The van der Waals surface area contributed by atoms with Gasteiger partial charge in [-0.2, -0.15) is 12.6 Å². The van der Waals surface area contributed by atoms with Crippen LogP contribution in [-0.4, -0.2) is 74.8 Å². The molecule has 10 nitrogen and oxygen atoms in total. The first kappa shape index (κ1) is 29.7. The molecule has 1 amide bonds. The number of thiol groups is 1. The number of rotatable bonds is 9. The first-order chi connectivity index (χ1) is 18.3. The van der Waals surface area contributed by atoms with E-state index in [9.17, 15) is 34.2 Å². The van der Waals surface area contributed by atoms with Gasteiger partial charge < -0.3 is 25.4 Å². The van der Waals surface area contributed by atoms with Gasteiger partial charge in [-0.1, -0.05) is 19.4 Å². The number of hydrogen-bond acceptors (Lipinski definition) is 9. The number of carbonyl (C=O) groups is 5. The van der Waals surface area contributed by atoms with E-state index in [0.29, 0.717) is 19.3 Å². The minimum Gasteiger partial charge on any atom is -0.480 e. The van der Waals surface area contributed by atoms with Crippen LogP contribution in [0.25, 0.3) is 0 Å². The molecule has 0 aliphatic heterocycles. The van der Waals surface area contributed by atoms with Crippen LogP contribution in [0.15, 0.2) is 11.6 Å². The van der Waals surface area contributed by atoms with Crippen LogP contribution >= 0.6 is 12.6 Å². The van der Waals surface area contributed by atoms with Crippen molar-refractivity contribution in [1.82, 2.24) is 5.32 Å². The Morgan fingerprint density at radius 2 is 1.87 bits per heavy atom. The number of esters is 1. The Kier molecular flexibility index (Phi) is 8.36. The molecule has 0 aromatic heterocycles. The van der Waals surface area contributed by atoms with E-state index in [1.54, 1.807) is 6.08 Å². The first-order valence-corrected chi connectivity index (χ1v) is 14.4. The van der Waals surface area contributed by atoms with E-state index in [1.165, 1.54) is 0 Å². The number of fused-ring (bicyclic) bond motifs is 5. The Morgan fingerprint density at radius 1 is 1.15 bits per heavy atom. The Labute approximate surface area is 233 Å². The molecule has 0 heterocycles. The Balaban J connectivity index is 1.39. The number of ether oxygens (including phenoxy) is 1. The first-order valence-electron chi connectivity index (χ1n) is 13.7. The van der Waals surface area contributed by atoms with Gasteiger partial charge in [0.2, 0.25) is 11.7 Å². The van der Waals surface area contributed by atoms with E-state index in [4.69, 9.17) is 9.84 Å². The lowest BCUT2D eigenvalue weighted by molar-refractivity contribution is -0.184. The van der Waals surface area contributed by atoms with Gasteiger partial charge in [-0.3, -0.25) is 19.2 Å². The van der Waals surface area contributed by atoms with E-state index in [2.05, 4.69) is 24.9 Å². The third kappa shape index (κ3) is 5.17. The van der Waals surface area contributed by atoms with Gasteiger partial charge in [0.05, 0.1) is 12.5 Å². The fourth-order valence-electron chi connectivity index (χ4n) is 8.16. The SMILES string of the molecule is C[C@]12CCC(=O)C=C1CC[C@H]1[C@H]2[C@@H](O)C[C@@]2(C)[C@@H]1CC[C@]2(O)C(=O)COC(=O)CCC(=O)N[C@@H](CS)C(=O)O. The predicted octanol–water partition coefficient (Wildman–Crippen LogP) is 1.61. The molecule has 0 spiro atoms. The zero-order valence-electron chi connectivity index (χ0n) is 22.5. The number of nitrogens with one attached hydrogen (secondary N) is 1. The van der Waals surface area contributed by atoms with Gasteiger partial charge in [-0.25, -0.2) is 4.79 Å². The predicted molar refractivity (Wildman–Crippen MR) is 142 cm³/mol. The average Bonchev–Trinajstić information content (AvgIpc) is 3.15. The van der Waals surface area contributed by atoms with Crippen LogP contribution in [0.2, 0.25) is 0 Å². The maximum absolute atomic E-state index is 13.3. The van der Waals surface area contributed by atoms with E-state index < -0.39 is 53.4 Å². The molecule has 0 aromatic rings. The van der Waals surface area contributed by atoms with Gasteiger partial charge >= 0.3 is 11.9 Å². The van der Waals surface area contributed by atoms with Crippen molar-refractivity contribution in [1.29, 1.82) is 0 Å². The molecule has 0 bridgehead atoms. The number of aliphatic carboxylic acids is 1. The largest absolute Gasteiger partial charge is 0.480 e. The summed E-state index contributed by atoms with van der Waals surface area (Å²) >= 11 is 3.86. The van der Waals surface area contributed by atoms with Crippen LogP contribution in [0, 0.1) is 28.6 Å². The fourth-order valence-corrected chi connectivity index (χ4v) is 8.40. The summed E-state index contributed by atoms with van der Waals surface area (Å²) in [5.74, 6) is -3.24. The highest BCUT2D eigenvalue weighted by atomic mass is 32.1. The minimum absolute atomic E-state index is 0.00395. The van der Waals surface area contributed by atoms with Crippen LogP contribution in [-0.2, 0) is 28.7 Å². The van der Waals surface area contributed by atoms with E-state index in [0.717, 1.165) is 18.4 Å². The van der Waals surface area contributed by atoms with Gasteiger partial charge in [0.1, 0.15) is 11.6 Å². The second-order valence-corrected chi connectivity index (χ2v) is 12.6. The summed E-state index contributed by atoms with van der Waals surface area (Å²) in [7, 11) is 0. The van der Waals surface area contributed by atoms with Crippen molar-refractivity contribution in [3.05, 3.63) is 11.6 Å². The number of Topliss-reactive ketones (excluding diaryl/α,β-unsaturated/α-hetero) is 1. The number of amides is 1. The van der Waals surface area contributed by atoms with Gasteiger partial charge in [-0.15, -0.1) is 0 Å². The smallest absolute Gasteiger partial charge is 0.327 e. The molecular formula is C28H39NO9S. The standard InChI is InChI=1S/C28H39NO9S/c1-26-9-7-16(30)11-15(26)3-4-17-18-8-10-28(37,27(18,2)12-20(31)24(17)26)21(32)13-38-23(34)6-5-22(33)29-19(14-39)25(35)36/h11,17-20,24,31,37,39H,3-10,12-14H2,1-2H3,(H,29,33)(H,35,36)/t17-,18-,19+,20+,24+,26+,27+,28+/m1/s1. The number of allylic oxidation sites excluding steroid dienone is 1. The third-order valence-electron chi connectivity index (χ3n) is 10.2. The molecule has 4 aliphatic carbocycles. The lowest BCUT2D eigenvalue weighted by atomic mass is 9.45. The number of hydrogen-bond donors (Lipinski definition) is 5. The van der Waals surface area contributed by atoms with Crippen LogP contribution in [0.5, 0.6) is 0 Å². The summed E-state index contributed by atoms with van der Waals surface area (Å²) in [6, 6.07) is -1.18.